The second kappa shape index (κ2) is 10.4. The molecule has 8 heteroatoms. The zero-order chi connectivity index (χ0) is 26.6. The largest absolute Gasteiger partial charge is 0.494 e. The van der Waals surface area contributed by atoms with E-state index >= 15 is 0 Å². The predicted molar refractivity (Wildman–Crippen MR) is 143 cm³/mol. The number of nitrogens with zero attached hydrogens (tertiary/aromatic N) is 4. The van der Waals surface area contributed by atoms with Crippen LogP contribution in [0.4, 0.5) is 0 Å². The minimum atomic E-state index is -0.632. The summed E-state index contributed by atoms with van der Waals surface area (Å²) in [6.45, 7) is 8.37. The molecule has 4 aromatic rings. The number of carbonyl (C=O) groups is 2. The molecule has 0 aliphatic carbocycles. The van der Waals surface area contributed by atoms with Gasteiger partial charge in [-0.1, -0.05) is 48.0 Å². The summed E-state index contributed by atoms with van der Waals surface area (Å²) in [5.41, 5.74) is 5.13. The van der Waals surface area contributed by atoms with Gasteiger partial charge in [-0.2, -0.15) is 5.26 Å². The lowest BCUT2D eigenvalue weighted by molar-refractivity contribution is -0.126. The first-order chi connectivity index (χ1) is 18.5. The SMILES string of the molecule is [C-]#[N+]C(=C1CCN(C(=O)C(=O)c2c[nH]c3c(-c4ccc(C#N)cc4)ncc(OC)c23)CC1)c1ccccc1. The molecule has 1 saturated heterocycles. The first-order valence-electron chi connectivity index (χ1n) is 12.1. The summed E-state index contributed by atoms with van der Waals surface area (Å²) in [5.74, 6) is -0.844. The van der Waals surface area contributed by atoms with Gasteiger partial charge < -0.3 is 14.6 Å². The number of nitriles is 1. The van der Waals surface area contributed by atoms with Gasteiger partial charge in [-0.15, -0.1) is 0 Å². The van der Waals surface area contributed by atoms with Crippen molar-refractivity contribution in [1.29, 1.82) is 5.26 Å². The lowest BCUT2D eigenvalue weighted by Crippen LogP contribution is -2.40. The highest BCUT2D eigenvalue weighted by atomic mass is 16.5. The number of piperidine rings is 1. The van der Waals surface area contributed by atoms with Gasteiger partial charge in [0.1, 0.15) is 5.75 Å². The fourth-order valence-electron chi connectivity index (χ4n) is 4.79. The van der Waals surface area contributed by atoms with Crippen LogP contribution in [0.3, 0.4) is 0 Å². The first kappa shape index (κ1) is 24.5. The summed E-state index contributed by atoms with van der Waals surface area (Å²) >= 11 is 0. The first-order valence-corrected chi connectivity index (χ1v) is 12.1. The normalized spacial score (nSPS) is 13.0. The smallest absolute Gasteiger partial charge is 0.295 e. The number of nitrogens with one attached hydrogen (secondary N) is 1. The van der Waals surface area contributed by atoms with Crippen molar-refractivity contribution < 1.29 is 14.3 Å². The van der Waals surface area contributed by atoms with Gasteiger partial charge in [0.15, 0.2) is 5.70 Å². The molecule has 8 nitrogen and oxygen atoms in total. The molecule has 1 N–H and O–H groups in total. The molecule has 186 valence electrons. The molecule has 38 heavy (non-hydrogen) atoms. The Balaban J connectivity index is 1.42. The zero-order valence-corrected chi connectivity index (χ0v) is 20.7. The Labute approximate surface area is 219 Å². The number of aromatic nitrogens is 2. The standard InChI is InChI=1S/C30H23N5O3/c1-32-26(20-6-4-3-5-7-20)22-12-14-35(15-13-22)30(37)29(36)23-17-33-28-25(23)24(38-2)18-34-27(28)21-10-8-19(16-31)9-11-21/h3-11,17-18,33H,12-15H2,2H3. The number of hydrogen-bond donors (Lipinski definition) is 1. The number of ketones is 1. The summed E-state index contributed by atoms with van der Waals surface area (Å²) < 4.78 is 5.49. The number of methoxy groups -OCH3 is 1. The number of hydrogen-bond acceptors (Lipinski definition) is 5. The van der Waals surface area contributed by atoms with Crippen LogP contribution in [0.15, 0.2) is 72.6 Å². The highest BCUT2D eigenvalue weighted by molar-refractivity contribution is 6.45. The minimum absolute atomic E-state index is 0.214. The number of aromatic amines is 1. The number of rotatable bonds is 5. The van der Waals surface area contributed by atoms with Crippen molar-refractivity contribution >= 4 is 28.3 Å². The molecule has 0 atom stereocenters. The monoisotopic (exact) mass is 501 g/mol. The van der Waals surface area contributed by atoms with Crippen LogP contribution in [0.2, 0.25) is 0 Å². The van der Waals surface area contributed by atoms with Crippen molar-refractivity contribution in [2.75, 3.05) is 20.2 Å². The van der Waals surface area contributed by atoms with Crippen molar-refractivity contribution in [3.63, 3.8) is 0 Å². The molecule has 2 aromatic heterocycles. The molecule has 5 rings (SSSR count). The Bertz CT molecular complexity index is 1640. The quantitative estimate of drug-likeness (QED) is 0.229. The number of ether oxygens (including phenoxy) is 1. The minimum Gasteiger partial charge on any atom is -0.494 e. The van der Waals surface area contributed by atoms with E-state index in [9.17, 15) is 9.59 Å². The van der Waals surface area contributed by atoms with E-state index in [1.807, 2.05) is 30.3 Å². The third-order valence-electron chi connectivity index (χ3n) is 6.77. The average Bonchev–Trinajstić information content (AvgIpc) is 3.43. The number of pyridine rings is 1. The van der Waals surface area contributed by atoms with Gasteiger partial charge in [0, 0.05) is 24.8 Å². The molecule has 1 amide bonds. The average molecular weight is 502 g/mol. The van der Waals surface area contributed by atoms with Crippen LogP contribution >= 0.6 is 0 Å². The van der Waals surface area contributed by atoms with Crippen molar-refractivity contribution in [2.45, 2.75) is 12.8 Å². The van der Waals surface area contributed by atoms with E-state index in [0.717, 1.165) is 16.7 Å². The number of H-pyrrole nitrogens is 1. The molecule has 0 bridgehead atoms. The molecule has 1 aliphatic rings. The Hall–Kier alpha value is -5.21. The Morgan fingerprint density at radius 1 is 1.11 bits per heavy atom. The van der Waals surface area contributed by atoms with Crippen molar-refractivity contribution in [3.8, 4) is 23.1 Å². The second-order valence-electron chi connectivity index (χ2n) is 8.87. The molecule has 1 fully saturated rings. The topological polar surface area (TPSA) is 103 Å². The number of carbonyl (C=O) groups excluding carboxylic acids is 2. The summed E-state index contributed by atoms with van der Waals surface area (Å²) in [6.07, 6.45) is 4.12. The van der Waals surface area contributed by atoms with Gasteiger partial charge in [-0.3, -0.25) is 14.6 Å². The van der Waals surface area contributed by atoms with Crippen LogP contribution in [0.1, 0.15) is 34.3 Å². The maximum atomic E-state index is 13.4. The van der Waals surface area contributed by atoms with Gasteiger partial charge in [-0.25, -0.2) is 4.85 Å². The van der Waals surface area contributed by atoms with E-state index in [2.05, 4.69) is 20.9 Å². The molecule has 0 unspecified atom stereocenters. The Morgan fingerprint density at radius 3 is 2.45 bits per heavy atom. The lowest BCUT2D eigenvalue weighted by Gasteiger charge is -2.28. The van der Waals surface area contributed by atoms with Gasteiger partial charge in [-0.05, 0) is 30.5 Å². The van der Waals surface area contributed by atoms with Gasteiger partial charge in [0.05, 0.1) is 53.7 Å². The van der Waals surface area contributed by atoms with E-state index in [4.69, 9.17) is 16.6 Å². The Kier molecular flexibility index (Phi) is 6.71. The third-order valence-corrected chi connectivity index (χ3v) is 6.77. The second-order valence-corrected chi connectivity index (χ2v) is 8.87. The van der Waals surface area contributed by atoms with Crippen molar-refractivity contribution in [2.24, 2.45) is 0 Å². The molecular weight excluding hydrogens is 478 g/mol. The number of fused-ring (bicyclic) bond motifs is 1. The molecule has 0 saturated carbocycles. The molecule has 0 radical (unpaired) electrons. The number of likely N-dealkylation sites (tertiary alicyclic amines) is 1. The molecule has 0 spiro atoms. The lowest BCUT2D eigenvalue weighted by atomic mass is 9.97. The maximum absolute atomic E-state index is 13.4. The van der Waals surface area contributed by atoms with E-state index in [1.165, 1.54) is 19.5 Å². The highest BCUT2D eigenvalue weighted by Gasteiger charge is 2.30. The van der Waals surface area contributed by atoms with Gasteiger partial charge in [0.2, 0.25) is 0 Å². The fraction of sp³-hybridized carbons (Fsp3) is 0.167. The summed E-state index contributed by atoms with van der Waals surface area (Å²) in [7, 11) is 1.49. The summed E-state index contributed by atoms with van der Waals surface area (Å²) in [5, 5.41) is 9.58. The van der Waals surface area contributed by atoms with Crippen LogP contribution in [-0.4, -0.2) is 46.8 Å². The predicted octanol–water partition coefficient (Wildman–Crippen LogP) is 5.25. The van der Waals surface area contributed by atoms with Crippen LogP contribution in [0.25, 0.3) is 32.7 Å². The van der Waals surface area contributed by atoms with Gasteiger partial charge in [0.25, 0.3) is 11.7 Å². The van der Waals surface area contributed by atoms with Crippen molar-refractivity contribution in [1.82, 2.24) is 14.9 Å². The summed E-state index contributed by atoms with van der Waals surface area (Å²) in [4.78, 5) is 39.6. The summed E-state index contributed by atoms with van der Waals surface area (Å²) in [6, 6.07) is 18.6. The van der Waals surface area contributed by atoms with Gasteiger partial charge >= 0.3 is 0 Å². The fourth-order valence-corrected chi connectivity index (χ4v) is 4.79. The number of amides is 1. The molecule has 2 aromatic carbocycles. The van der Waals surface area contributed by atoms with E-state index in [-0.39, 0.29) is 5.56 Å². The van der Waals surface area contributed by atoms with Crippen LogP contribution in [0.5, 0.6) is 5.75 Å². The van der Waals surface area contributed by atoms with E-state index < -0.39 is 11.7 Å². The molecular formula is C30H23N5O3. The highest BCUT2D eigenvalue weighted by Crippen LogP contribution is 2.35. The molecule has 1 aliphatic heterocycles. The van der Waals surface area contributed by atoms with Crippen LogP contribution < -0.4 is 4.74 Å². The third kappa shape index (κ3) is 4.40. The van der Waals surface area contributed by atoms with Crippen LogP contribution in [-0.2, 0) is 4.79 Å². The van der Waals surface area contributed by atoms with Crippen molar-refractivity contribution in [3.05, 3.63) is 101 Å². The number of Topliss-reactive ketones (excluding diaryl/α,β-unsaturated/α-hetero) is 1. The molecule has 3 heterocycles. The number of benzene rings is 2. The van der Waals surface area contributed by atoms with E-state index in [0.29, 0.717) is 59.5 Å². The van der Waals surface area contributed by atoms with Crippen LogP contribution in [0, 0.1) is 17.9 Å². The Morgan fingerprint density at radius 2 is 1.82 bits per heavy atom. The maximum Gasteiger partial charge on any atom is 0.295 e. The zero-order valence-electron chi connectivity index (χ0n) is 20.7. The van der Waals surface area contributed by atoms with E-state index in [1.54, 1.807) is 29.2 Å².